The van der Waals surface area contributed by atoms with Gasteiger partial charge in [0.15, 0.2) is 6.10 Å². The van der Waals surface area contributed by atoms with Gasteiger partial charge in [-0.05, 0) is 73.9 Å². The van der Waals surface area contributed by atoms with E-state index >= 15 is 0 Å². The lowest BCUT2D eigenvalue weighted by Crippen LogP contribution is -2.52. The lowest BCUT2D eigenvalue weighted by Gasteiger charge is -2.27. The van der Waals surface area contributed by atoms with Crippen LogP contribution in [-0.2, 0) is 14.3 Å². The second-order valence-corrected chi connectivity index (χ2v) is 13.2. The number of alkyl carbamates (subject to hydrolysis) is 1. The summed E-state index contributed by atoms with van der Waals surface area (Å²) in [5, 5.41) is 9.42. The van der Waals surface area contributed by atoms with Crippen LogP contribution in [0, 0.1) is 12.8 Å². The van der Waals surface area contributed by atoms with Crippen molar-refractivity contribution in [3.63, 3.8) is 0 Å². The number of fused-ring (bicyclic) bond motifs is 4. The molecule has 6 rings (SSSR count). The lowest BCUT2D eigenvalue weighted by atomic mass is 9.84. The number of nitrogens with one attached hydrogen (secondary N) is 3. The third kappa shape index (κ3) is 8.03. The van der Waals surface area contributed by atoms with E-state index in [1.54, 1.807) is 6.07 Å². The topological polar surface area (TPSA) is 153 Å². The van der Waals surface area contributed by atoms with Gasteiger partial charge in [-0.25, -0.2) is 9.59 Å². The van der Waals surface area contributed by atoms with Crippen molar-refractivity contribution in [3.05, 3.63) is 99.9 Å². The average Bonchev–Trinajstić information content (AvgIpc) is 3.41. The van der Waals surface area contributed by atoms with Crippen LogP contribution in [0.3, 0.4) is 0 Å². The minimum Gasteiger partial charge on any atom is -0.436 e. The van der Waals surface area contributed by atoms with Crippen molar-refractivity contribution in [2.24, 2.45) is 11.7 Å². The lowest BCUT2D eigenvalue weighted by molar-refractivity contribution is -0.132. The number of aryl methyl sites for hydroxylation is 1. The standard InChI is InChI=1S/C39H44N4O6/c1-24-21-35(44)48-34-23-26(18-19-27(24)34)41-32(17-9-10-20-40)37(45)43-38(46)33(22-25-11-3-2-4-12-25)42-39(47)49-36-30-15-7-5-13-28(30)29-14-6-8-16-31(29)36/h5-8,13-16,18-19,21,23,25,32-33,36,41H,2-4,9-12,17,20,22,40H2,1H3,(H,42,47)(H,43,45,46)/t32-,33-/m0/s1. The van der Waals surface area contributed by atoms with Crippen LogP contribution in [0.2, 0.25) is 0 Å². The van der Waals surface area contributed by atoms with Crippen LogP contribution in [0.4, 0.5) is 10.5 Å². The van der Waals surface area contributed by atoms with E-state index in [0.29, 0.717) is 43.5 Å². The van der Waals surface area contributed by atoms with Crippen LogP contribution >= 0.6 is 0 Å². The Morgan fingerprint density at radius 3 is 2.24 bits per heavy atom. The largest absolute Gasteiger partial charge is 0.436 e. The summed E-state index contributed by atoms with van der Waals surface area (Å²) in [6.45, 7) is 2.30. The fourth-order valence-electron chi connectivity index (χ4n) is 7.18. The molecule has 256 valence electrons. The highest BCUT2D eigenvalue weighted by molar-refractivity contribution is 6.02. The van der Waals surface area contributed by atoms with E-state index in [-0.39, 0.29) is 5.92 Å². The Morgan fingerprint density at radius 2 is 1.55 bits per heavy atom. The third-order valence-corrected chi connectivity index (χ3v) is 9.71. The van der Waals surface area contributed by atoms with Crippen LogP contribution in [0.25, 0.3) is 22.1 Å². The molecule has 0 unspecified atom stereocenters. The number of amides is 3. The Labute approximate surface area is 285 Å². The van der Waals surface area contributed by atoms with Gasteiger partial charge in [-0.2, -0.15) is 0 Å². The summed E-state index contributed by atoms with van der Waals surface area (Å²) in [6, 6.07) is 20.6. The second kappa shape index (κ2) is 15.5. The molecule has 2 aliphatic carbocycles. The Kier molecular flexibility index (Phi) is 10.7. The molecular weight excluding hydrogens is 620 g/mol. The van der Waals surface area contributed by atoms with Crippen LogP contribution in [0.15, 0.2) is 82.0 Å². The van der Waals surface area contributed by atoms with Crippen LogP contribution in [0.5, 0.6) is 0 Å². The molecule has 0 spiro atoms. The Bertz CT molecular complexity index is 1840. The molecular formula is C39H44N4O6. The third-order valence-electron chi connectivity index (χ3n) is 9.71. The van der Waals surface area contributed by atoms with Crippen molar-refractivity contribution in [2.45, 2.75) is 82.9 Å². The van der Waals surface area contributed by atoms with Crippen LogP contribution in [0.1, 0.15) is 80.6 Å². The number of hydrogen-bond acceptors (Lipinski definition) is 8. The molecule has 1 aromatic heterocycles. The molecule has 10 heteroatoms. The van der Waals surface area contributed by atoms with Gasteiger partial charge in [-0.15, -0.1) is 0 Å². The van der Waals surface area contributed by atoms with Crippen LogP contribution < -0.4 is 27.3 Å². The molecule has 3 amide bonds. The van der Waals surface area contributed by atoms with Gasteiger partial charge in [0.1, 0.15) is 17.7 Å². The van der Waals surface area contributed by atoms with Crippen molar-refractivity contribution in [1.29, 1.82) is 0 Å². The minimum absolute atomic E-state index is 0.238. The molecule has 4 aromatic rings. The summed E-state index contributed by atoms with van der Waals surface area (Å²) in [6.07, 6.45) is 6.04. The number of imide groups is 1. The molecule has 0 saturated heterocycles. The van der Waals surface area contributed by atoms with Crippen molar-refractivity contribution in [1.82, 2.24) is 10.6 Å². The van der Waals surface area contributed by atoms with Gasteiger partial charge in [-0.3, -0.25) is 14.9 Å². The first-order valence-electron chi connectivity index (χ1n) is 17.3. The summed E-state index contributed by atoms with van der Waals surface area (Å²) < 4.78 is 11.4. The summed E-state index contributed by atoms with van der Waals surface area (Å²) in [7, 11) is 0. The van der Waals surface area contributed by atoms with Gasteiger partial charge < -0.3 is 25.5 Å². The first-order chi connectivity index (χ1) is 23.8. The van der Waals surface area contributed by atoms with Crippen LogP contribution in [-0.4, -0.2) is 36.5 Å². The first kappa shape index (κ1) is 33.9. The number of unbranched alkanes of at least 4 members (excludes halogenated alkanes) is 1. The zero-order valence-corrected chi connectivity index (χ0v) is 27.8. The number of nitrogens with two attached hydrogens (primary N) is 1. The number of carbonyl (C=O) groups excluding carboxylic acids is 3. The maximum absolute atomic E-state index is 13.8. The van der Waals surface area contributed by atoms with Crippen molar-refractivity contribution < 1.29 is 23.5 Å². The molecule has 3 aromatic carbocycles. The number of benzene rings is 3. The van der Waals surface area contributed by atoms with E-state index in [1.807, 2.05) is 67.6 Å². The molecule has 0 radical (unpaired) electrons. The zero-order valence-electron chi connectivity index (χ0n) is 27.8. The highest BCUT2D eigenvalue weighted by atomic mass is 16.6. The van der Waals surface area contributed by atoms with E-state index < -0.39 is 41.7 Å². The molecule has 2 aliphatic rings. The van der Waals surface area contributed by atoms with E-state index in [0.717, 1.165) is 65.3 Å². The monoisotopic (exact) mass is 664 g/mol. The molecule has 5 N–H and O–H groups in total. The highest BCUT2D eigenvalue weighted by Gasteiger charge is 2.34. The predicted octanol–water partition coefficient (Wildman–Crippen LogP) is 6.49. The van der Waals surface area contributed by atoms with Crippen molar-refractivity contribution >= 4 is 34.6 Å². The Hall–Kier alpha value is -4.96. The Morgan fingerprint density at radius 1 is 0.878 bits per heavy atom. The highest BCUT2D eigenvalue weighted by Crippen LogP contribution is 2.45. The summed E-state index contributed by atoms with van der Waals surface area (Å²) in [4.78, 5) is 53.1. The first-order valence-corrected chi connectivity index (χ1v) is 17.3. The van der Waals surface area contributed by atoms with Gasteiger partial charge in [-0.1, -0.05) is 80.6 Å². The second-order valence-electron chi connectivity index (χ2n) is 13.2. The van der Waals surface area contributed by atoms with Gasteiger partial charge in [0.05, 0.1) is 0 Å². The fraction of sp³-hybridized carbons (Fsp3) is 0.385. The minimum atomic E-state index is -0.964. The summed E-state index contributed by atoms with van der Waals surface area (Å²) in [5.41, 5.74) is 10.8. The SMILES string of the molecule is Cc1cc(=O)oc2cc(N[C@@H](CCCCN)C(=O)NC(=O)[C@H](CC3CCCCC3)NC(=O)OC3c4ccccc4-c4ccccc43)ccc12. The molecule has 10 nitrogen and oxygen atoms in total. The maximum Gasteiger partial charge on any atom is 0.408 e. The number of hydrogen-bond donors (Lipinski definition) is 4. The van der Waals surface area contributed by atoms with E-state index in [1.165, 1.54) is 6.07 Å². The molecule has 0 bridgehead atoms. The molecule has 1 heterocycles. The predicted molar refractivity (Wildman–Crippen MR) is 189 cm³/mol. The molecule has 0 aliphatic heterocycles. The van der Waals surface area contributed by atoms with Crippen molar-refractivity contribution in [3.8, 4) is 11.1 Å². The van der Waals surface area contributed by atoms with Gasteiger partial charge >= 0.3 is 11.7 Å². The number of carbonyl (C=O) groups is 3. The molecule has 1 fully saturated rings. The molecule has 2 atom stereocenters. The van der Waals surface area contributed by atoms with Gasteiger partial charge in [0.2, 0.25) is 11.8 Å². The van der Waals surface area contributed by atoms with Gasteiger partial charge in [0, 0.05) is 34.3 Å². The number of ether oxygens (including phenoxy) is 1. The van der Waals surface area contributed by atoms with E-state index in [9.17, 15) is 19.2 Å². The normalized spacial score (nSPS) is 15.6. The fourth-order valence-corrected chi connectivity index (χ4v) is 7.18. The zero-order chi connectivity index (χ0) is 34.3. The van der Waals surface area contributed by atoms with E-state index in [2.05, 4.69) is 16.0 Å². The molecule has 49 heavy (non-hydrogen) atoms. The maximum atomic E-state index is 13.8. The average molecular weight is 665 g/mol. The summed E-state index contributed by atoms with van der Waals surface area (Å²) in [5.74, 6) is -0.859. The van der Waals surface area contributed by atoms with Crippen molar-refractivity contribution in [2.75, 3.05) is 11.9 Å². The van der Waals surface area contributed by atoms with E-state index in [4.69, 9.17) is 14.9 Å². The molecule has 1 saturated carbocycles. The smallest absolute Gasteiger partial charge is 0.408 e. The number of rotatable bonds is 12. The Balaban J connectivity index is 1.18. The quantitative estimate of drug-likeness (QED) is 0.0991. The number of anilines is 1. The van der Waals surface area contributed by atoms with Gasteiger partial charge in [0.25, 0.3) is 0 Å². The summed E-state index contributed by atoms with van der Waals surface area (Å²) >= 11 is 0.